The first kappa shape index (κ1) is 28.9. The highest BCUT2D eigenvalue weighted by atomic mass is 16.5. The van der Waals surface area contributed by atoms with Crippen molar-refractivity contribution < 1.29 is 14.3 Å². The van der Waals surface area contributed by atoms with Crippen LogP contribution >= 0.6 is 0 Å². The van der Waals surface area contributed by atoms with Gasteiger partial charge in [0, 0.05) is 32.2 Å². The van der Waals surface area contributed by atoms with Gasteiger partial charge in [0.15, 0.2) is 5.78 Å². The summed E-state index contributed by atoms with van der Waals surface area (Å²) >= 11 is 0. The van der Waals surface area contributed by atoms with E-state index in [4.69, 9.17) is 10.00 Å². The average molecular weight is 399 g/mol. The van der Waals surface area contributed by atoms with Gasteiger partial charge in [0.1, 0.15) is 5.75 Å². The van der Waals surface area contributed by atoms with Gasteiger partial charge >= 0.3 is 0 Å². The smallest absolute Gasteiger partial charge is 0.268 e. The number of nitrogens with zero attached hydrogens (tertiary/aromatic N) is 1. The molecule has 160 valence electrons. The Morgan fingerprint density at radius 1 is 1.21 bits per heavy atom. The van der Waals surface area contributed by atoms with Crippen LogP contribution in [0.2, 0.25) is 12.6 Å². The molecule has 0 aliphatic carbocycles. The summed E-state index contributed by atoms with van der Waals surface area (Å²) in [6, 6.07) is 7.27. The molecule has 4 nitrogen and oxygen atoms in total. The van der Waals surface area contributed by atoms with E-state index in [-0.39, 0.29) is 18.6 Å². The van der Waals surface area contributed by atoms with E-state index in [9.17, 15) is 4.79 Å². The van der Waals surface area contributed by atoms with E-state index < -0.39 is 0 Å². The molecule has 5 heteroatoms. The molecule has 29 heavy (non-hydrogen) atoms. The van der Waals surface area contributed by atoms with Gasteiger partial charge in [-0.05, 0) is 44.0 Å². The third-order valence-electron chi connectivity index (χ3n) is 3.67. The Morgan fingerprint density at radius 3 is 2.03 bits per heavy atom. The van der Waals surface area contributed by atoms with Crippen molar-refractivity contribution in [2.45, 2.75) is 65.2 Å². The number of ether oxygens (including phenoxy) is 2. The van der Waals surface area contributed by atoms with Crippen LogP contribution < -0.4 is 4.74 Å². The van der Waals surface area contributed by atoms with Crippen LogP contribution in [0.4, 0.5) is 0 Å². The fourth-order valence-corrected chi connectivity index (χ4v) is 2.47. The number of hydrogen-bond acceptors (Lipinski definition) is 4. The van der Waals surface area contributed by atoms with Crippen molar-refractivity contribution in [3.05, 3.63) is 55.1 Å². The molecule has 0 radical (unpaired) electrons. The molecule has 1 aliphatic rings. The number of carbonyl (C=O) groups excluding carboxylic acids is 1. The van der Waals surface area contributed by atoms with Gasteiger partial charge in [-0.2, -0.15) is 0 Å². The topological polar surface area (TPSA) is 59.3 Å². The Hall–Kier alpha value is -2.32. The summed E-state index contributed by atoms with van der Waals surface area (Å²) in [5, 5.41) is 8.86. The summed E-state index contributed by atoms with van der Waals surface area (Å²) in [4.78, 5) is 11.7. The summed E-state index contributed by atoms with van der Waals surface area (Å²) in [5.74, 6) is 3.18. The number of benzene rings is 1. The van der Waals surface area contributed by atoms with Crippen LogP contribution in [0, 0.1) is 11.2 Å². The van der Waals surface area contributed by atoms with Crippen molar-refractivity contribution in [3.8, 4) is 11.7 Å². The van der Waals surface area contributed by atoms with Crippen LogP contribution in [0.25, 0.3) is 0 Å². The van der Waals surface area contributed by atoms with E-state index >= 15 is 0 Å². The summed E-state index contributed by atoms with van der Waals surface area (Å²) in [7, 11) is 3.25. The van der Waals surface area contributed by atoms with E-state index in [2.05, 4.69) is 37.7 Å². The molecule has 1 aromatic carbocycles. The second-order valence-corrected chi connectivity index (χ2v) is 6.68. The Balaban J connectivity index is 0. The molecule has 1 aliphatic heterocycles. The summed E-state index contributed by atoms with van der Waals surface area (Å²) in [6.45, 7) is 13.3. The molecule has 0 saturated carbocycles. The molecule has 0 unspecified atom stereocenters. The molecule has 0 N–H and O–H groups in total. The average Bonchev–Trinajstić information content (AvgIpc) is 2.71. The maximum absolute atomic E-state index is 11.7. The molecule has 1 saturated heterocycles. The number of nitriles is 1. The highest BCUT2D eigenvalue weighted by Crippen LogP contribution is 2.24. The molecular formula is C24H38BNO3. The fourth-order valence-electron chi connectivity index (χ4n) is 2.47. The summed E-state index contributed by atoms with van der Waals surface area (Å²) in [6.07, 6.45) is 8.84. The van der Waals surface area contributed by atoms with Gasteiger partial charge in [0.2, 0.25) is 0 Å². The number of carbonyl (C=O) groups is 1. The Kier molecular flexibility index (Phi) is 20.3. The second-order valence-electron chi connectivity index (χ2n) is 6.68. The largest absolute Gasteiger partial charge is 0.490 e. The van der Waals surface area contributed by atoms with Crippen molar-refractivity contribution in [2.24, 2.45) is 0 Å². The van der Waals surface area contributed by atoms with Gasteiger partial charge in [-0.3, -0.25) is 4.79 Å². The molecule has 2 rings (SSSR count). The van der Waals surface area contributed by atoms with Crippen molar-refractivity contribution in [1.29, 1.82) is 5.26 Å². The van der Waals surface area contributed by atoms with E-state index in [0.29, 0.717) is 12.0 Å². The zero-order chi connectivity index (χ0) is 22.5. The van der Waals surface area contributed by atoms with E-state index in [1.165, 1.54) is 6.42 Å². The van der Waals surface area contributed by atoms with Crippen molar-refractivity contribution in [2.75, 3.05) is 14.2 Å². The van der Waals surface area contributed by atoms with Crippen molar-refractivity contribution in [1.82, 2.24) is 0 Å². The second kappa shape index (κ2) is 20.4. The standard InChI is InChI=1S/C16H18BNO2.C3H8.C3H6.C2H6O/c1-2-3-16(19)13-4-6-14(7-5-13)20-15-8-10-17(12-18)11-9-15;3*1-3-2/h2,4-7,15H,1,3,8-11H2;3H2,1-2H3;3H,1H2,2H3;1-2H3. The highest BCUT2D eigenvalue weighted by molar-refractivity contribution is 6.67. The third-order valence-corrected chi connectivity index (χ3v) is 3.67. The molecule has 1 fully saturated rings. The minimum Gasteiger partial charge on any atom is -0.490 e. The maximum Gasteiger partial charge on any atom is 0.268 e. The zero-order valence-electron chi connectivity index (χ0n) is 18.9. The molecule has 0 atom stereocenters. The SMILES string of the molecule is C=CC.C=CCC(=O)c1ccc(OC2CCB(C#N)CC2)cc1.CCC.COC. The number of ketones is 1. The first-order valence-electron chi connectivity index (χ1n) is 10.2. The van der Waals surface area contributed by atoms with E-state index in [1.807, 2.05) is 19.1 Å². The molecule has 1 aromatic rings. The zero-order valence-corrected chi connectivity index (χ0v) is 18.9. The number of rotatable bonds is 5. The molecule has 1 heterocycles. The van der Waals surface area contributed by atoms with Gasteiger partial charge in [0.25, 0.3) is 6.71 Å². The lowest BCUT2D eigenvalue weighted by Gasteiger charge is -2.24. The lowest BCUT2D eigenvalue weighted by molar-refractivity contribution is 0.0996. The minimum absolute atomic E-state index is 0.0704. The van der Waals surface area contributed by atoms with E-state index in [1.54, 1.807) is 38.5 Å². The molecule has 0 amide bonds. The normalized spacial score (nSPS) is 12.3. The first-order valence-corrected chi connectivity index (χ1v) is 10.2. The monoisotopic (exact) mass is 399 g/mol. The van der Waals surface area contributed by atoms with Gasteiger partial charge in [-0.1, -0.05) is 45.1 Å². The van der Waals surface area contributed by atoms with Gasteiger partial charge in [0.05, 0.1) is 6.10 Å². The lowest BCUT2D eigenvalue weighted by atomic mass is 9.42. The van der Waals surface area contributed by atoms with Gasteiger partial charge < -0.3 is 9.47 Å². The highest BCUT2D eigenvalue weighted by Gasteiger charge is 2.25. The number of Topliss-reactive ketones (excluding diaryl/α,β-unsaturated/α-hetero) is 1. The van der Waals surface area contributed by atoms with Crippen LogP contribution in [-0.2, 0) is 4.74 Å². The quantitative estimate of drug-likeness (QED) is 0.326. The molecule has 0 bridgehead atoms. The third kappa shape index (κ3) is 15.3. The maximum atomic E-state index is 11.7. The van der Waals surface area contributed by atoms with Gasteiger partial charge in [-0.25, -0.2) is 5.26 Å². The number of allylic oxidation sites excluding steroid dienone is 2. The fraction of sp³-hybridized carbons (Fsp3) is 0.500. The first-order chi connectivity index (χ1) is 14.0. The Morgan fingerprint density at radius 2 is 1.66 bits per heavy atom. The number of hydrogen-bond donors (Lipinski definition) is 0. The van der Waals surface area contributed by atoms with Crippen molar-refractivity contribution >= 4 is 12.5 Å². The minimum atomic E-state index is 0.0704. The van der Waals surface area contributed by atoms with E-state index in [0.717, 1.165) is 31.2 Å². The van der Waals surface area contributed by atoms with Crippen LogP contribution in [0.5, 0.6) is 5.75 Å². The molecule has 0 spiro atoms. The summed E-state index contributed by atoms with van der Waals surface area (Å²) < 4.78 is 10.2. The van der Waals surface area contributed by atoms with Crippen LogP contribution in [0.1, 0.15) is 56.8 Å². The number of methoxy groups -OCH3 is 1. The predicted octanol–water partition coefficient (Wildman–Crippen LogP) is 6.42. The summed E-state index contributed by atoms with van der Waals surface area (Å²) in [5.41, 5.74) is 0.686. The van der Waals surface area contributed by atoms with Gasteiger partial charge in [-0.15, -0.1) is 13.2 Å². The Labute approximate surface area is 178 Å². The van der Waals surface area contributed by atoms with Crippen LogP contribution in [0.3, 0.4) is 0 Å². The van der Waals surface area contributed by atoms with Crippen molar-refractivity contribution in [3.63, 3.8) is 0 Å². The lowest BCUT2D eigenvalue weighted by Crippen LogP contribution is -2.27. The molecule has 0 aromatic heterocycles. The predicted molar refractivity (Wildman–Crippen MR) is 125 cm³/mol. The molecular weight excluding hydrogens is 361 g/mol. The Bertz CT molecular complexity index is 583. The van der Waals surface area contributed by atoms with Crippen LogP contribution in [0.15, 0.2) is 49.6 Å². The van der Waals surface area contributed by atoms with Crippen LogP contribution in [-0.4, -0.2) is 32.8 Å².